The highest BCUT2D eigenvalue weighted by Gasteiger charge is 2.28. The Labute approximate surface area is 222 Å². The van der Waals surface area contributed by atoms with Crippen LogP contribution in [-0.2, 0) is 20.0 Å². The van der Waals surface area contributed by atoms with Crippen LogP contribution in [0.25, 0.3) is 0 Å². The van der Waals surface area contributed by atoms with Crippen LogP contribution >= 0.6 is 0 Å². The molecule has 1 amide bonds. The van der Waals surface area contributed by atoms with Crippen molar-refractivity contribution >= 4 is 37.6 Å². The molecule has 4 rings (SSSR count). The van der Waals surface area contributed by atoms with Gasteiger partial charge >= 0.3 is 0 Å². The van der Waals surface area contributed by atoms with Crippen molar-refractivity contribution in [3.63, 3.8) is 0 Å². The number of nitrogens with zero attached hydrogens (tertiary/aromatic N) is 3. The Bertz CT molecular complexity index is 1530. The number of carbonyl (C=O) groups excluding carboxylic acids is 1. The van der Waals surface area contributed by atoms with E-state index in [4.69, 9.17) is 4.74 Å². The van der Waals surface area contributed by atoms with Gasteiger partial charge in [-0.1, -0.05) is 6.42 Å². The van der Waals surface area contributed by atoms with Crippen LogP contribution < -0.4 is 14.8 Å². The van der Waals surface area contributed by atoms with Crippen LogP contribution in [0.4, 0.5) is 11.6 Å². The molecule has 202 valence electrons. The summed E-state index contributed by atoms with van der Waals surface area (Å²) in [5, 5.41) is 2.67. The Balaban J connectivity index is 1.53. The number of ether oxygens (including phenoxy) is 1. The van der Waals surface area contributed by atoms with Crippen molar-refractivity contribution in [2.24, 2.45) is 0 Å². The lowest BCUT2D eigenvalue weighted by atomic mass is 10.2. The molecule has 0 saturated carbocycles. The Kier molecular flexibility index (Phi) is 7.99. The van der Waals surface area contributed by atoms with E-state index in [1.165, 1.54) is 53.9 Å². The fourth-order valence-electron chi connectivity index (χ4n) is 4.15. The third kappa shape index (κ3) is 6.11. The van der Waals surface area contributed by atoms with Gasteiger partial charge in [0.15, 0.2) is 0 Å². The first-order chi connectivity index (χ1) is 18.0. The van der Waals surface area contributed by atoms with Gasteiger partial charge in [0.05, 0.1) is 22.5 Å². The van der Waals surface area contributed by atoms with E-state index >= 15 is 0 Å². The second kappa shape index (κ2) is 11.1. The van der Waals surface area contributed by atoms with E-state index in [-0.39, 0.29) is 27.1 Å². The first-order valence-electron chi connectivity index (χ1n) is 11.9. The summed E-state index contributed by atoms with van der Waals surface area (Å²) < 4.78 is 60.8. The zero-order valence-electron chi connectivity index (χ0n) is 21.3. The van der Waals surface area contributed by atoms with Gasteiger partial charge < -0.3 is 10.1 Å². The van der Waals surface area contributed by atoms with Crippen molar-refractivity contribution in [1.82, 2.24) is 14.3 Å². The van der Waals surface area contributed by atoms with Gasteiger partial charge in [0.2, 0.25) is 16.0 Å². The van der Waals surface area contributed by atoms with Crippen molar-refractivity contribution < 1.29 is 26.4 Å². The lowest BCUT2D eigenvalue weighted by molar-refractivity contribution is 0.102. The maximum Gasteiger partial charge on any atom is 0.264 e. The van der Waals surface area contributed by atoms with E-state index in [2.05, 4.69) is 20.0 Å². The molecular weight excluding hydrogens is 530 g/mol. The first-order valence-corrected chi connectivity index (χ1v) is 14.9. The molecular formula is C25H29N5O6S2. The third-order valence-electron chi connectivity index (χ3n) is 6.00. The standard InChI is InChI=1S/C25H29N5O6S2/c1-17-15-18(2)27-25(26-17)29-37(32,33)20-9-7-19(8-10-20)28-24(31)22-16-21(11-12-23(22)36-3)38(34,35)30-13-5-4-6-14-30/h7-12,15-16H,4-6,13-14H2,1-3H3,(H,28,31)(H,26,27,29). The second-order valence-corrected chi connectivity index (χ2v) is 12.5. The first kappa shape index (κ1) is 27.5. The number of hydrogen-bond acceptors (Lipinski definition) is 8. The van der Waals surface area contributed by atoms with E-state index in [9.17, 15) is 21.6 Å². The molecule has 0 spiro atoms. The van der Waals surface area contributed by atoms with Crippen LogP contribution in [0.1, 0.15) is 41.0 Å². The van der Waals surface area contributed by atoms with Crippen LogP contribution in [0.15, 0.2) is 58.3 Å². The normalized spacial score (nSPS) is 14.6. The molecule has 0 radical (unpaired) electrons. The Hall–Kier alpha value is -3.55. The minimum atomic E-state index is -3.97. The van der Waals surface area contributed by atoms with Crippen molar-refractivity contribution in [3.8, 4) is 5.75 Å². The highest BCUT2D eigenvalue weighted by molar-refractivity contribution is 7.92. The predicted molar refractivity (Wildman–Crippen MR) is 142 cm³/mol. The minimum Gasteiger partial charge on any atom is -0.496 e. The van der Waals surface area contributed by atoms with Gasteiger partial charge in [-0.05, 0) is 75.2 Å². The van der Waals surface area contributed by atoms with Crippen LogP contribution in [0.5, 0.6) is 5.75 Å². The smallest absolute Gasteiger partial charge is 0.264 e. The highest BCUT2D eigenvalue weighted by Crippen LogP contribution is 2.27. The number of hydrogen-bond donors (Lipinski definition) is 2. The average molecular weight is 560 g/mol. The Morgan fingerprint density at radius 3 is 2.08 bits per heavy atom. The van der Waals surface area contributed by atoms with Crippen LogP contribution in [0.2, 0.25) is 0 Å². The fourth-order valence-corrected chi connectivity index (χ4v) is 6.63. The van der Waals surface area contributed by atoms with Gasteiger partial charge in [-0.15, -0.1) is 0 Å². The molecule has 11 nitrogen and oxygen atoms in total. The molecule has 1 aliphatic heterocycles. The molecule has 1 fully saturated rings. The van der Waals surface area contributed by atoms with E-state index in [1.807, 2.05) is 0 Å². The average Bonchev–Trinajstić information content (AvgIpc) is 2.88. The number of nitrogens with one attached hydrogen (secondary N) is 2. The Morgan fingerprint density at radius 1 is 0.868 bits per heavy atom. The SMILES string of the molecule is COc1ccc(S(=O)(=O)N2CCCCC2)cc1C(=O)Nc1ccc(S(=O)(=O)Nc2nc(C)cc(C)n2)cc1. The van der Waals surface area contributed by atoms with Crippen molar-refractivity contribution in [3.05, 3.63) is 65.5 Å². The monoisotopic (exact) mass is 559 g/mol. The van der Waals surface area contributed by atoms with Crippen molar-refractivity contribution in [2.45, 2.75) is 42.9 Å². The number of aryl methyl sites for hydroxylation is 2. The number of methoxy groups -OCH3 is 1. The number of rotatable bonds is 8. The van der Waals surface area contributed by atoms with Gasteiger partial charge in [-0.3, -0.25) is 4.79 Å². The second-order valence-electron chi connectivity index (χ2n) is 8.89. The van der Waals surface area contributed by atoms with Crippen molar-refractivity contribution in [1.29, 1.82) is 0 Å². The lowest BCUT2D eigenvalue weighted by Gasteiger charge is -2.26. The number of sulfonamides is 2. The summed E-state index contributed by atoms with van der Waals surface area (Å²) in [6.45, 7) is 4.35. The number of aromatic nitrogens is 2. The molecule has 2 heterocycles. The van der Waals surface area contributed by atoms with Crippen LogP contribution in [0, 0.1) is 13.8 Å². The molecule has 38 heavy (non-hydrogen) atoms. The molecule has 0 atom stereocenters. The van der Waals surface area contributed by atoms with E-state index < -0.39 is 26.0 Å². The van der Waals surface area contributed by atoms with Gasteiger partial charge in [0.25, 0.3) is 15.9 Å². The predicted octanol–water partition coefficient (Wildman–Crippen LogP) is 3.33. The molecule has 3 aromatic rings. The van der Waals surface area contributed by atoms with Gasteiger partial charge in [-0.2, -0.15) is 4.31 Å². The molecule has 1 saturated heterocycles. The number of benzene rings is 2. The molecule has 0 bridgehead atoms. The zero-order valence-corrected chi connectivity index (χ0v) is 22.9. The molecule has 0 aliphatic carbocycles. The quantitative estimate of drug-likeness (QED) is 0.427. The van der Waals surface area contributed by atoms with Crippen LogP contribution in [0.3, 0.4) is 0 Å². The molecule has 1 aromatic heterocycles. The summed E-state index contributed by atoms with van der Waals surface area (Å²) in [5.74, 6) is -0.432. The molecule has 0 unspecified atom stereocenters. The number of carbonyl (C=O) groups is 1. The fraction of sp³-hybridized carbons (Fsp3) is 0.320. The Morgan fingerprint density at radius 2 is 1.47 bits per heavy atom. The summed E-state index contributed by atoms with van der Waals surface area (Å²) in [6.07, 6.45) is 2.57. The summed E-state index contributed by atoms with van der Waals surface area (Å²) >= 11 is 0. The van der Waals surface area contributed by atoms with Crippen molar-refractivity contribution in [2.75, 3.05) is 30.2 Å². The van der Waals surface area contributed by atoms with E-state index in [0.717, 1.165) is 19.3 Å². The number of piperidine rings is 1. The largest absolute Gasteiger partial charge is 0.496 e. The topological polar surface area (TPSA) is 148 Å². The lowest BCUT2D eigenvalue weighted by Crippen LogP contribution is -2.35. The van der Waals surface area contributed by atoms with Gasteiger partial charge in [-0.25, -0.2) is 31.5 Å². The number of amides is 1. The summed E-state index contributed by atoms with van der Waals surface area (Å²) in [7, 11) is -6.34. The van der Waals surface area contributed by atoms with Gasteiger partial charge in [0.1, 0.15) is 5.75 Å². The number of anilines is 2. The maximum atomic E-state index is 13.1. The molecule has 2 aromatic carbocycles. The van der Waals surface area contributed by atoms with Crippen LogP contribution in [-0.4, -0.2) is 57.2 Å². The maximum absolute atomic E-state index is 13.1. The zero-order chi connectivity index (χ0) is 27.5. The molecule has 2 N–H and O–H groups in total. The summed E-state index contributed by atoms with van der Waals surface area (Å²) in [5.41, 5.74) is 1.59. The van der Waals surface area contributed by atoms with E-state index in [0.29, 0.717) is 30.2 Å². The van der Waals surface area contributed by atoms with Gasteiger partial charge in [0, 0.05) is 30.2 Å². The van der Waals surface area contributed by atoms with E-state index in [1.54, 1.807) is 19.9 Å². The minimum absolute atomic E-state index is 0.00599. The highest BCUT2D eigenvalue weighted by atomic mass is 32.2. The molecule has 13 heteroatoms. The summed E-state index contributed by atoms with van der Waals surface area (Å²) in [4.78, 5) is 21.2. The third-order valence-corrected chi connectivity index (χ3v) is 9.24. The summed E-state index contributed by atoms with van der Waals surface area (Å²) in [6, 6.07) is 11.4. The molecule has 1 aliphatic rings.